The summed E-state index contributed by atoms with van der Waals surface area (Å²) >= 11 is 0. The first-order valence-corrected chi connectivity index (χ1v) is 10.5. The van der Waals surface area contributed by atoms with Crippen molar-refractivity contribution in [1.29, 1.82) is 0 Å². The Morgan fingerprint density at radius 3 is 2.38 bits per heavy atom. The quantitative estimate of drug-likeness (QED) is 0.702. The summed E-state index contributed by atoms with van der Waals surface area (Å²) < 4.78 is 31.8. The molecule has 0 atom stereocenters. The molecule has 0 aliphatic carbocycles. The Morgan fingerprint density at radius 1 is 1.19 bits per heavy atom. The second-order valence-corrected chi connectivity index (χ2v) is 8.28. The molecule has 1 heterocycles. The van der Waals surface area contributed by atoms with Crippen LogP contribution in [0.15, 0.2) is 35.2 Å². The van der Waals surface area contributed by atoms with Crippen LogP contribution in [0, 0.1) is 5.92 Å². The van der Waals surface area contributed by atoms with E-state index >= 15 is 0 Å². The first-order chi connectivity index (χ1) is 12.5. The standard InChI is InChI=1S/C19H28N2O4S/c1-3-16(4-2)15-20-19(22)10-7-17-5-8-18(9-6-17)26(23,24)21-11-13-25-14-12-21/h5-10,16H,3-4,11-15H2,1-2H3,(H,20,22). The molecule has 7 heteroatoms. The van der Waals surface area contributed by atoms with Gasteiger partial charge < -0.3 is 10.1 Å². The number of carbonyl (C=O) groups is 1. The Balaban J connectivity index is 1.95. The molecule has 6 nitrogen and oxygen atoms in total. The van der Waals surface area contributed by atoms with E-state index in [0.29, 0.717) is 38.8 Å². The van der Waals surface area contributed by atoms with Gasteiger partial charge in [-0.2, -0.15) is 4.31 Å². The Bertz CT molecular complexity index is 704. The summed E-state index contributed by atoms with van der Waals surface area (Å²) in [5.74, 6) is 0.360. The van der Waals surface area contributed by atoms with Crippen molar-refractivity contribution in [1.82, 2.24) is 9.62 Å². The zero-order valence-corrected chi connectivity index (χ0v) is 16.3. The lowest BCUT2D eigenvalue weighted by atomic mass is 10.0. The molecular weight excluding hydrogens is 352 g/mol. The van der Waals surface area contributed by atoms with Crippen molar-refractivity contribution >= 4 is 22.0 Å². The highest BCUT2D eigenvalue weighted by molar-refractivity contribution is 7.89. The number of nitrogens with one attached hydrogen (secondary N) is 1. The summed E-state index contributed by atoms with van der Waals surface area (Å²) in [5.41, 5.74) is 0.781. The molecule has 2 rings (SSSR count). The molecule has 1 aromatic carbocycles. The molecule has 0 aromatic heterocycles. The van der Waals surface area contributed by atoms with Gasteiger partial charge in [0.25, 0.3) is 0 Å². The van der Waals surface area contributed by atoms with Crippen LogP contribution in [0.1, 0.15) is 32.3 Å². The normalized spacial score (nSPS) is 16.3. The zero-order chi connectivity index (χ0) is 19.0. The van der Waals surface area contributed by atoms with Gasteiger partial charge >= 0.3 is 0 Å². The Labute approximate surface area is 156 Å². The highest BCUT2D eigenvalue weighted by Gasteiger charge is 2.25. The Hall–Kier alpha value is -1.70. The van der Waals surface area contributed by atoms with Gasteiger partial charge in [0, 0.05) is 25.7 Å². The van der Waals surface area contributed by atoms with Crippen molar-refractivity contribution in [3.8, 4) is 0 Å². The predicted octanol–water partition coefficient (Wildman–Crippen LogP) is 2.27. The Morgan fingerprint density at radius 2 is 1.81 bits per heavy atom. The van der Waals surface area contributed by atoms with Crippen molar-refractivity contribution in [2.45, 2.75) is 31.6 Å². The van der Waals surface area contributed by atoms with Crippen molar-refractivity contribution in [3.63, 3.8) is 0 Å². The van der Waals surface area contributed by atoms with Gasteiger partial charge in [0.05, 0.1) is 18.1 Å². The lowest BCUT2D eigenvalue weighted by Gasteiger charge is -2.26. The topological polar surface area (TPSA) is 75.7 Å². The van der Waals surface area contributed by atoms with Crippen molar-refractivity contribution in [3.05, 3.63) is 35.9 Å². The maximum atomic E-state index is 12.6. The fourth-order valence-corrected chi connectivity index (χ4v) is 4.15. The van der Waals surface area contributed by atoms with Gasteiger partial charge in [-0.1, -0.05) is 38.8 Å². The average Bonchev–Trinajstić information content (AvgIpc) is 2.68. The van der Waals surface area contributed by atoms with Crippen LogP contribution in [-0.4, -0.2) is 51.5 Å². The second kappa shape index (κ2) is 9.85. The highest BCUT2D eigenvalue weighted by atomic mass is 32.2. The van der Waals surface area contributed by atoms with Crippen molar-refractivity contribution < 1.29 is 17.9 Å². The van der Waals surface area contributed by atoms with Crippen LogP contribution < -0.4 is 5.32 Å². The number of hydrogen-bond donors (Lipinski definition) is 1. The van der Waals surface area contributed by atoms with Crippen molar-refractivity contribution in [2.24, 2.45) is 5.92 Å². The maximum absolute atomic E-state index is 12.6. The number of nitrogens with zero attached hydrogens (tertiary/aromatic N) is 1. The van der Waals surface area contributed by atoms with Gasteiger partial charge in [0.1, 0.15) is 0 Å². The number of morpholine rings is 1. The molecule has 0 spiro atoms. The van der Waals surface area contributed by atoms with Crippen LogP contribution >= 0.6 is 0 Å². The average molecular weight is 381 g/mol. The van der Waals surface area contributed by atoms with Gasteiger partial charge in [0.2, 0.25) is 15.9 Å². The van der Waals surface area contributed by atoms with Crippen LogP contribution in [0.5, 0.6) is 0 Å². The van der Waals surface area contributed by atoms with Crippen LogP contribution in [0.3, 0.4) is 0 Å². The molecule has 0 unspecified atom stereocenters. The van der Waals surface area contributed by atoms with E-state index in [1.165, 1.54) is 10.4 Å². The van der Waals surface area contributed by atoms with E-state index in [4.69, 9.17) is 4.74 Å². The molecular formula is C19H28N2O4S. The molecule has 1 aromatic rings. The van der Waals surface area contributed by atoms with E-state index in [-0.39, 0.29) is 10.8 Å². The van der Waals surface area contributed by atoms with Gasteiger partial charge in [-0.25, -0.2) is 8.42 Å². The first kappa shape index (κ1) is 20.6. The van der Waals surface area contributed by atoms with Crippen LogP contribution in [0.4, 0.5) is 0 Å². The predicted molar refractivity (Wildman–Crippen MR) is 102 cm³/mol. The molecule has 1 aliphatic heterocycles. The molecule has 1 N–H and O–H groups in total. The lowest BCUT2D eigenvalue weighted by molar-refractivity contribution is -0.116. The minimum Gasteiger partial charge on any atom is -0.379 e. The maximum Gasteiger partial charge on any atom is 0.244 e. The highest BCUT2D eigenvalue weighted by Crippen LogP contribution is 2.18. The second-order valence-electron chi connectivity index (χ2n) is 6.35. The smallest absolute Gasteiger partial charge is 0.244 e. The minimum atomic E-state index is -3.48. The fraction of sp³-hybridized carbons (Fsp3) is 0.526. The van der Waals surface area contributed by atoms with E-state index < -0.39 is 10.0 Å². The molecule has 1 amide bonds. The van der Waals surface area contributed by atoms with Crippen LogP contribution in [0.25, 0.3) is 6.08 Å². The number of ether oxygens (including phenoxy) is 1. The summed E-state index contributed by atoms with van der Waals surface area (Å²) in [5, 5.41) is 2.89. The van der Waals surface area contributed by atoms with Crippen LogP contribution in [-0.2, 0) is 19.6 Å². The van der Waals surface area contributed by atoms with Gasteiger partial charge in [-0.15, -0.1) is 0 Å². The minimum absolute atomic E-state index is 0.137. The number of hydrogen-bond acceptors (Lipinski definition) is 4. The number of benzene rings is 1. The molecule has 0 bridgehead atoms. The zero-order valence-electron chi connectivity index (χ0n) is 15.5. The third-order valence-corrected chi connectivity index (χ3v) is 6.55. The van der Waals surface area contributed by atoms with Gasteiger partial charge in [-0.3, -0.25) is 4.79 Å². The Kier molecular flexibility index (Phi) is 7.81. The first-order valence-electron chi connectivity index (χ1n) is 9.11. The lowest BCUT2D eigenvalue weighted by Crippen LogP contribution is -2.40. The monoisotopic (exact) mass is 380 g/mol. The number of rotatable bonds is 8. The molecule has 1 fully saturated rings. The summed E-state index contributed by atoms with van der Waals surface area (Å²) in [7, 11) is -3.48. The van der Waals surface area contributed by atoms with E-state index in [1.807, 2.05) is 0 Å². The SMILES string of the molecule is CCC(CC)CNC(=O)C=Cc1ccc(S(=O)(=O)N2CCOCC2)cc1. The summed E-state index contributed by atoms with van der Waals surface area (Å²) in [6.07, 6.45) is 5.25. The van der Waals surface area contributed by atoms with E-state index in [0.717, 1.165) is 18.4 Å². The molecule has 1 saturated heterocycles. The third-order valence-electron chi connectivity index (χ3n) is 4.63. The summed E-state index contributed by atoms with van der Waals surface area (Å²) in [6.45, 7) is 6.50. The molecule has 0 saturated carbocycles. The number of amides is 1. The molecule has 1 aliphatic rings. The van der Waals surface area contributed by atoms with E-state index in [1.54, 1.807) is 30.3 Å². The molecule has 144 valence electrons. The van der Waals surface area contributed by atoms with Crippen LogP contribution in [0.2, 0.25) is 0 Å². The largest absolute Gasteiger partial charge is 0.379 e. The van der Waals surface area contributed by atoms with Gasteiger partial charge in [0.15, 0.2) is 0 Å². The number of carbonyl (C=O) groups excluding carboxylic acids is 1. The third kappa shape index (κ3) is 5.65. The van der Waals surface area contributed by atoms with Crippen molar-refractivity contribution in [2.75, 3.05) is 32.8 Å². The summed E-state index contributed by atoms with van der Waals surface area (Å²) in [6, 6.07) is 6.56. The van der Waals surface area contributed by atoms with E-state index in [9.17, 15) is 13.2 Å². The summed E-state index contributed by atoms with van der Waals surface area (Å²) in [4.78, 5) is 12.1. The molecule has 26 heavy (non-hydrogen) atoms. The van der Waals surface area contributed by atoms with Gasteiger partial charge in [-0.05, 0) is 29.7 Å². The van der Waals surface area contributed by atoms with E-state index in [2.05, 4.69) is 19.2 Å². The number of sulfonamides is 1. The fourth-order valence-electron chi connectivity index (χ4n) is 2.74. The molecule has 0 radical (unpaired) electrons.